The van der Waals surface area contributed by atoms with Gasteiger partial charge in [0, 0.05) is 13.0 Å². The molecule has 0 spiro atoms. The number of furan rings is 1. The van der Waals surface area contributed by atoms with Gasteiger partial charge in [-0.1, -0.05) is 25.1 Å². The van der Waals surface area contributed by atoms with Crippen LogP contribution >= 0.6 is 11.8 Å². The van der Waals surface area contributed by atoms with Gasteiger partial charge in [-0.05, 0) is 18.6 Å². The monoisotopic (exact) mass is 352 g/mol. The summed E-state index contributed by atoms with van der Waals surface area (Å²) in [6.07, 6.45) is 3.48. The van der Waals surface area contributed by atoms with Gasteiger partial charge in [0.25, 0.3) is 0 Å². The Kier molecular flexibility index (Phi) is 6.86. The van der Waals surface area contributed by atoms with Gasteiger partial charge >= 0.3 is 5.97 Å². The fourth-order valence-electron chi connectivity index (χ4n) is 1.90. The number of carbonyl (C=O) groups excluding carboxylic acids is 2. The minimum absolute atomic E-state index is 0.122. The van der Waals surface area contributed by atoms with Gasteiger partial charge in [0.2, 0.25) is 5.91 Å². The molecule has 0 aromatic carbocycles. The zero-order valence-electron chi connectivity index (χ0n) is 13.4. The standard InChI is InChI=1S/C15H20N4O4S/c1-2-3-8-23-13(21)10-24-15-18-17-14(11-5-4-9-22-11)19(15)7-6-12(16)20/h4-5,9H,2-3,6-8,10H2,1H3,(H2,16,20). The number of nitrogens with two attached hydrogens (primary N) is 1. The normalized spacial score (nSPS) is 10.7. The lowest BCUT2D eigenvalue weighted by Crippen LogP contribution is -2.15. The maximum absolute atomic E-state index is 11.7. The summed E-state index contributed by atoms with van der Waals surface area (Å²) < 4.78 is 12.2. The lowest BCUT2D eigenvalue weighted by atomic mass is 10.3. The number of hydrogen-bond donors (Lipinski definition) is 1. The number of hydrogen-bond acceptors (Lipinski definition) is 7. The van der Waals surface area contributed by atoms with Crippen LogP contribution in [0.4, 0.5) is 0 Å². The van der Waals surface area contributed by atoms with E-state index in [1.807, 2.05) is 6.92 Å². The van der Waals surface area contributed by atoms with Gasteiger partial charge in [-0.15, -0.1) is 10.2 Å². The van der Waals surface area contributed by atoms with Crippen LogP contribution in [0.15, 0.2) is 28.0 Å². The lowest BCUT2D eigenvalue weighted by Gasteiger charge is -2.08. The van der Waals surface area contributed by atoms with Crippen molar-refractivity contribution < 1.29 is 18.7 Å². The zero-order chi connectivity index (χ0) is 17.4. The number of nitrogens with zero attached hydrogens (tertiary/aromatic N) is 3. The van der Waals surface area contributed by atoms with Crippen molar-refractivity contribution in [3.8, 4) is 11.6 Å². The minimum atomic E-state index is -0.427. The van der Waals surface area contributed by atoms with E-state index in [0.717, 1.165) is 12.8 Å². The summed E-state index contributed by atoms with van der Waals surface area (Å²) in [6.45, 7) is 2.76. The maximum atomic E-state index is 11.7. The molecule has 0 aliphatic rings. The third-order valence-electron chi connectivity index (χ3n) is 3.12. The Labute approximate surface area is 143 Å². The Morgan fingerprint density at radius 3 is 2.92 bits per heavy atom. The van der Waals surface area contributed by atoms with Crippen molar-refractivity contribution in [2.45, 2.75) is 37.9 Å². The van der Waals surface area contributed by atoms with Crippen LogP contribution in [0.1, 0.15) is 26.2 Å². The van der Waals surface area contributed by atoms with Crippen molar-refractivity contribution in [3.05, 3.63) is 18.4 Å². The number of carbonyl (C=O) groups is 2. The number of thioether (sulfide) groups is 1. The molecule has 8 nitrogen and oxygen atoms in total. The second-order valence-corrected chi connectivity index (χ2v) is 5.96. The maximum Gasteiger partial charge on any atom is 0.316 e. The number of unbranched alkanes of at least 4 members (excludes halogenated alkanes) is 1. The van der Waals surface area contributed by atoms with Crippen LogP contribution in [-0.2, 0) is 20.9 Å². The first-order valence-corrected chi connectivity index (χ1v) is 8.64. The van der Waals surface area contributed by atoms with E-state index < -0.39 is 5.91 Å². The predicted octanol–water partition coefficient (Wildman–Crippen LogP) is 1.85. The molecule has 2 N–H and O–H groups in total. The van der Waals surface area contributed by atoms with Crippen molar-refractivity contribution >= 4 is 23.6 Å². The lowest BCUT2D eigenvalue weighted by molar-refractivity contribution is -0.140. The van der Waals surface area contributed by atoms with Crippen molar-refractivity contribution in [1.29, 1.82) is 0 Å². The van der Waals surface area contributed by atoms with Crippen LogP contribution in [0.25, 0.3) is 11.6 Å². The summed E-state index contributed by atoms with van der Waals surface area (Å²) in [5.74, 6) is 0.408. The van der Waals surface area contributed by atoms with Crippen LogP contribution in [0, 0.1) is 0 Å². The topological polar surface area (TPSA) is 113 Å². The smallest absolute Gasteiger partial charge is 0.316 e. The highest BCUT2D eigenvalue weighted by atomic mass is 32.2. The molecule has 0 aliphatic heterocycles. The van der Waals surface area contributed by atoms with Gasteiger partial charge < -0.3 is 14.9 Å². The molecule has 9 heteroatoms. The van der Waals surface area contributed by atoms with E-state index in [0.29, 0.717) is 29.9 Å². The van der Waals surface area contributed by atoms with Gasteiger partial charge in [0.15, 0.2) is 16.7 Å². The Morgan fingerprint density at radius 2 is 2.25 bits per heavy atom. The van der Waals surface area contributed by atoms with E-state index in [4.69, 9.17) is 14.9 Å². The molecule has 2 rings (SSSR count). The minimum Gasteiger partial charge on any atom is -0.465 e. The fourth-order valence-corrected chi connectivity index (χ4v) is 2.67. The number of aromatic nitrogens is 3. The van der Waals surface area contributed by atoms with E-state index >= 15 is 0 Å². The molecule has 2 aromatic rings. The molecule has 1 amide bonds. The van der Waals surface area contributed by atoms with Gasteiger partial charge in [-0.2, -0.15) is 0 Å². The van der Waals surface area contributed by atoms with E-state index in [-0.39, 0.29) is 18.1 Å². The summed E-state index contributed by atoms with van der Waals surface area (Å²) in [5.41, 5.74) is 5.22. The third-order valence-corrected chi connectivity index (χ3v) is 4.06. The predicted molar refractivity (Wildman–Crippen MR) is 88.1 cm³/mol. The average Bonchev–Trinajstić information content (AvgIpc) is 3.20. The summed E-state index contributed by atoms with van der Waals surface area (Å²) >= 11 is 1.20. The fraction of sp³-hybridized carbons (Fsp3) is 0.467. The first kappa shape index (κ1) is 18.1. The van der Waals surface area contributed by atoms with Crippen LogP contribution in [0.2, 0.25) is 0 Å². The van der Waals surface area contributed by atoms with Crippen molar-refractivity contribution in [2.24, 2.45) is 5.73 Å². The van der Waals surface area contributed by atoms with Crippen LogP contribution in [-0.4, -0.2) is 39.0 Å². The van der Waals surface area contributed by atoms with E-state index in [1.54, 1.807) is 16.7 Å². The molecule has 0 radical (unpaired) electrons. The Morgan fingerprint density at radius 1 is 1.42 bits per heavy atom. The molecule has 2 heterocycles. The number of esters is 1. The molecule has 2 aromatic heterocycles. The number of rotatable bonds is 10. The highest BCUT2D eigenvalue weighted by Gasteiger charge is 2.18. The first-order valence-electron chi connectivity index (χ1n) is 7.65. The molecule has 0 atom stereocenters. The number of ether oxygens (including phenoxy) is 1. The summed E-state index contributed by atoms with van der Waals surface area (Å²) in [7, 11) is 0. The van der Waals surface area contributed by atoms with E-state index in [2.05, 4.69) is 10.2 Å². The average molecular weight is 352 g/mol. The quantitative estimate of drug-likeness (QED) is 0.394. The van der Waals surface area contributed by atoms with E-state index in [1.165, 1.54) is 18.0 Å². The molecule has 24 heavy (non-hydrogen) atoms. The zero-order valence-corrected chi connectivity index (χ0v) is 14.3. The molecule has 0 saturated heterocycles. The van der Waals surface area contributed by atoms with Gasteiger partial charge in [-0.25, -0.2) is 0 Å². The number of primary amides is 1. The molecule has 0 fully saturated rings. The van der Waals surface area contributed by atoms with E-state index in [9.17, 15) is 9.59 Å². The van der Waals surface area contributed by atoms with Crippen molar-refractivity contribution in [1.82, 2.24) is 14.8 Å². The molecule has 0 aliphatic carbocycles. The molecule has 0 bridgehead atoms. The Hall–Kier alpha value is -2.29. The van der Waals surface area contributed by atoms with Crippen molar-refractivity contribution in [2.75, 3.05) is 12.4 Å². The first-order chi connectivity index (χ1) is 11.6. The van der Waals surface area contributed by atoms with Crippen LogP contribution in [0.5, 0.6) is 0 Å². The molecule has 0 saturated carbocycles. The summed E-state index contributed by atoms with van der Waals surface area (Å²) in [6, 6.07) is 3.48. The van der Waals surface area contributed by atoms with Crippen LogP contribution < -0.4 is 5.73 Å². The Balaban J connectivity index is 2.05. The molecular formula is C15H20N4O4S. The van der Waals surface area contributed by atoms with Gasteiger partial charge in [0.1, 0.15) is 0 Å². The highest BCUT2D eigenvalue weighted by Crippen LogP contribution is 2.24. The highest BCUT2D eigenvalue weighted by molar-refractivity contribution is 7.99. The summed E-state index contributed by atoms with van der Waals surface area (Å²) in [5, 5.41) is 8.67. The Bertz CT molecular complexity index is 669. The summed E-state index contributed by atoms with van der Waals surface area (Å²) in [4.78, 5) is 22.8. The molecule has 130 valence electrons. The number of amides is 1. The third kappa shape index (κ3) is 5.12. The molecule has 0 unspecified atom stereocenters. The van der Waals surface area contributed by atoms with Crippen LogP contribution in [0.3, 0.4) is 0 Å². The second-order valence-electron chi connectivity index (χ2n) is 5.01. The van der Waals surface area contributed by atoms with Gasteiger partial charge in [-0.3, -0.25) is 14.2 Å². The van der Waals surface area contributed by atoms with Crippen molar-refractivity contribution in [3.63, 3.8) is 0 Å². The largest absolute Gasteiger partial charge is 0.465 e. The second kappa shape index (κ2) is 9.11. The molecular weight excluding hydrogens is 332 g/mol. The van der Waals surface area contributed by atoms with Gasteiger partial charge in [0.05, 0.1) is 18.6 Å². The SMILES string of the molecule is CCCCOC(=O)CSc1nnc(-c2ccco2)n1CCC(N)=O.